The Kier molecular flexibility index (Phi) is 5.53. The Morgan fingerprint density at radius 2 is 1.69 bits per heavy atom. The summed E-state index contributed by atoms with van der Waals surface area (Å²) in [6.45, 7) is 3.01. The smallest absolute Gasteiger partial charge is 0.322 e. The van der Waals surface area contributed by atoms with Gasteiger partial charge in [-0.15, -0.1) is 0 Å². The lowest BCUT2D eigenvalue weighted by Gasteiger charge is -2.17. The lowest BCUT2D eigenvalue weighted by atomic mass is 10.1. The average Bonchev–Trinajstić information content (AvgIpc) is 3.11. The van der Waals surface area contributed by atoms with E-state index >= 15 is 0 Å². The molecule has 2 aromatic rings. The molecule has 0 saturated carbocycles. The van der Waals surface area contributed by atoms with Crippen molar-refractivity contribution < 1.29 is 14.7 Å². The molecular formula is C20H23N3O3. The van der Waals surface area contributed by atoms with Crippen molar-refractivity contribution in [3.05, 3.63) is 65.2 Å². The molecular weight excluding hydrogens is 330 g/mol. The summed E-state index contributed by atoms with van der Waals surface area (Å²) in [6, 6.07) is 14.3. The Labute approximate surface area is 152 Å². The van der Waals surface area contributed by atoms with Gasteiger partial charge < -0.3 is 20.6 Å². The Morgan fingerprint density at radius 1 is 1.08 bits per heavy atom. The summed E-state index contributed by atoms with van der Waals surface area (Å²) in [5.74, 6) is -0.237. The molecule has 1 atom stereocenters. The first-order valence-corrected chi connectivity index (χ1v) is 8.75. The monoisotopic (exact) mass is 353 g/mol. The van der Waals surface area contributed by atoms with Crippen LogP contribution in [0.1, 0.15) is 34.8 Å². The molecule has 1 aliphatic rings. The van der Waals surface area contributed by atoms with Crippen molar-refractivity contribution in [3.63, 3.8) is 0 Å². The van der Waals surface area contributed by atoms with Crippen molar-refractivity contribution in [1.82, 2.24) is 10.2 Å². The molecule has 136 valence electrons. The average molecular weight is 353 g/mol. The van der Waals surface area contributed by atoms with E-state index in [0.717, 1.165) is 0 Å². The van der Waals surface area contributed by atoms with Gasteiger partial charge in [-0.2, -0.15) is 0 Å². The van der Waals surface area contributed by atoms with Crippen LogP contribution in [-0.2, 0) is 13.1 Å². The van der Waals surface area contributed by atoms with Gasteiger partial charge in [-0.05, 0) is 41.8 Å². The highest BCUT2D eigenvalue weighted by atomic mass is 16.3. The maximum Gasteiger partial charge on any atom is 0.322 e. The third-order valence-electron chi connectivity index (χ3n) is 4.57. The van der Waals surface area contributed by atoms with Crippen LogP contribution in [0.3, 0.4) is 0 Å². The summed E-state index contributed by atoms with van der Waals surface area (Å²) in [6.07, 6.45) is 0.661. The second-order valence-electron chi connectivity index (χ2n) is 6.39. The fourth-order valence-corrected chi connectivity index (χ4v) is 2.93. The summed E-state index contributed by atoms with van der Waals surface area (Å²) < 4.78 is 0. The number of anilines is 1. The number of rotatable bonds is 5. The number of benzene rings is 2. The van der Waals surface area contributed by atoms with Crippen LogP contribution < -0.4 is 10.6 Å². The predicted molar refractivity (Wildman–Crippen MR) is 99.8 cm³/mol. The molecule has 1 heterocycles. The molecule has 3 N–H and O–H groups in total. The molecule has 0 aromatic heterocycles. The number of nitrogens with zero attached hydrogens (tertiary/aromatic N) is 1. The van der Waals surface area contributed by atoms with Gasteiger partial charge in [0, 0.05) is 24.3 Å². The number of nitrogens with one attached hydrogen (secondary N) is 2. The zero-order valence-electron chi connectivity index (χ0n) is 14.7. The van der Waals surface area contributed by atoms with Crippen molar-refractivity contribution in [2.75, 3.05) is 11.9 Å². The number of fused-ring (bicyclic) bond motifs is 1. The van der Waals surface area contributed by atoms with E-state index < -0.39 is 0 Å². The predicted octanol–water partition coefficient (Wildman–Crippen LogP) is 2.74. The second kappa shape index (κ2) is 8.01. The molecule has 2 aromatic carbocycles. The van der Waals surface area contributed by atoms with E-state index in [1.54, 1.807) is 29.2 Å². The molecule has 0 aliphatic carbocycles. The summed E-state index contributed by atoms with van der Waals surface area (Å²) in [5.41, 5.74) is 3.47. The highest BCUT2D eigenvalue weighted by Crippen LogP contribution is 2.23. The molecule has 1 aliphatic heterocycles. The first kappa shape index (κ1) is 17.9. The minimum absolute atomic E-state index is 0.0887. The summed E-state index contributed by atoms with van der Waals surface area (Å²) in [4.78, 5) is 26.3. The number of hydrogen-bond donors (Lipinski definition) is 3. The fraction of sp³-hybridized carbons (Fsp3) is 0.300. The largest absolute Gasteiger partial charge is 0.394 e. The third-order valence-corrected chi connectivity index (χ3v) is 4.57. The van der Waals surface area contributed by atoms with Gasteiger partial charge in [-0.1, -0.05) is 31.2 Å². The minimum atomic E-state index is -0.251. The van der Waals surface area contributed by atoms with Crippen molar-refractivity contribution in [2.45, 2.75) is 32.5 Å². The van der Waals surface area contributed by atoms with E-state index in [4.69, 9.17) is 5.11 Å². The molecule has 6 nitrogen and oxygen atoms in total. The van der Waals surface area contributed by atoms with Crippen molar-refractivity contribution in [2.24, 2.45) is 0 Å². The number of aliphatic hydroxyl groups is 1. The summed E-state index contributed by atoms with van der Waals surface area (Å²) in [5, 5.41) is 14.8. The van der Waals surface area contributed by atoms with Crippen molar-refractivity contribution in [1.29, 1.82) is 0 Å². The topological polar surface area (TPSA) is 81.7 Å². The second-order valence-corrected chi connectivity index (χ2v) is 6.39. The van der Waals surface area contributed by atoms with Crippen LogP contribution in [0.4, 0.5) is 10.5 Å². The lowest BCUT2D eigenvalue weighted by molar-refractivity contribution is 0.0915. The number of amides is 3. The first-order valence-electron chi connectivity index (χ1n) is 8.75. The van der Waals surface area contributed by atoms with Gasteiger partial charge in [-0.3, -0.25) is 4.79 Å². The van der Waals surface area contributed by atoms with Gasteiger partial charge in [0.2, 0.25) is 0 Å². The van der Waals surface area contributed by atoms with Crippen LogP contribution in [0.5, 0.6) is 0 Å². The summed E-state index contributed by atoms with van der Waals surface area (Å²) in [7, 11) is 0. The van der Waals surface area contributed by atoms with E-state index in [-0.39, 0.29) is 24.6 Å². The number of urea groups is 1. The van der Waals surface area contributed by atoms with Gasteiger partial charge in [0.15, 0.2) is 0 Å². The quantitative estimate of drug-likeness (QED) is 0.773. The maximum absolute atomic E-state index is 12.4. The number of carbonyl (C=O) groups is 2. The van der Waals surface area contributed by atoms with Crippen molar-refractivity contribution >= 4 is 17.6 Å². The Bertz CT molecular complexity index is 760. The molecule has 0 saturated heterocycles. The number of carbonyl (C=O) groups excluding carboxylic acids is 2. The van der Waals surface area contributed by atoms with Crippen LogP contribution in [0.2, 0.25) is 0 Å². The zero-order valence-corrected chi connectivity index (χ0v) is 14.7. The minimum Gasteiger partial charge on any atom is -0.394 e. The first-order chi connectivity index (χ1) is 12.6. The number of hydrogen-bond acceptors (Lipinski definition) is 3. The van der Waals surface area contributed by atoms with Crippen LogP contribution in [-0.4, -0.2) is 34.6 Å². The van der Waals surface area contributed by atoms with Gasteiger partial charge >= 0.3 is 6.03 Å². The van der Waals surface area contributed by atoms with E-state index in [0.29, 0.717) is 30.8 Å². The van der Waals surface area contributed by atoms with Crippen LogP contribution >= 0.6 is 0 Å². The lowest BCUT2D eigenvalue weighted by Crippen LogP contribution is -2.36. The molecule has 26 heavy (non-hydrogen) atoms. The van der Waals surface area contributed by atoms with E-state index in [9.17, 15) is 9.59 Å². The zero-order chi connectivity index (χ0) is 18.5. The third kappa shape index (κ3) is 4.03. The van der Waals surface area contributed by atoms with E-state index in [1.807, 2.05) is 31.2 Å². The van der Waals surface area contributed by atoms with Crippen molar-refractivity contribution in [3.8, 4) is 0 Å². The highest BCUT2D eigenvalue weighted by Gasteiger charge is 2.22. The van der Waals surface area contributed by atoms with E-state index in [2.05, 4.69) is 10.6 Å². The van der Waals surface area contributed by atoms with Crippen LogP contribution in [0.15, 0.2) is 48.5 Å². The summed E-state index contributed by atoms with van der Waals surface area (Å²) >= 11 is 0. The molecule has 0 unspecified atom stereocenters. The maximum atomic E-state index is 12.4. The fourth-order valence-electron chi connectivity index (χ4n) is 2.93. The Hall–Kier alpha value is -2.86. The van der Waals surface area contributed by atoms with Crippen LogP contribution in [0, 0.1) is 0 Å². The molecule has 0 spiro atoms. The van der Waals surface area contributed by atoms with Gasteiger partial charge in [-0.25, -0.2) is 4.79 Å². The molecule has 0 fully saturated rings. The molecule has 0 radical (unpaired) electrons. The van der Waals surface area contributed by atoms with E-state index in [1.165, 1.54) is 11.1 Å². The Balaban J connectivity index is 1.58. The number of aliphatic hydroxyl groups excluding tert-OH is 1. The highest BCUT2D eigenvalue weighted by molar-refractivity contribution is 5.95. The van der Waals surface area contributed by atoms with Gasteiger partial charge in [0.25, 0.3) is 5.91 Å². The molecule has 6 heteroatoms. The molecule has 3 amide bonds. The SMILES string of the molecule is CC[C@@H](CO)NC(=O)c1ccc(NC(=O)N2Cc3ccccc3C2)cc1. The normalized spacial score (nSPS) is 13.8. The standard InChI is InChI=1S/C20H23N3O3/c1-2-17(13-24)21-19(25)14-7-9-18(10-8-14)22-20(26)23-11-15-5-3-4-6-16(15)12-23/h3-10,17,24H,2,11-13H2,1H3,(H,21,25)(H,22,26)/t17-/m0/s1. The Morgan fingerprint density at radius 3 is 2.23 bits per heavy atom. The van der Waals surface area contributed by atoms with Gasteiger partial charge in [0.05, 0.1) is 12.6 Å². The van der Waals surface area contributed by atoms with Crippen LogP contribution in [0.25, 0.3) is 0 Å². The molecule has 0 bridgehead atoms. The molecule has 3 rings (SSSR count). The van der Waals surface area contributed by atoms with Gasteiger partial charge in [0.1, 0.15) is 0 Å².